The fourth-order valence-electron chi connectivity index (χ4n) is 1.98. The van der Waals surface area contributed by atoms with E-state index in [1.807, 2.05) is 32.6 Å². The molecule has 0 rings (SSSR count). The maximum Gasteiger partial charge on any atom is 0.320 e. The Kier molecular flexibility index (Phi) is 6.03. The van der Waals surface area contributed by atoms with Crippen molar-refractivity contribution in [3.63, 3.8) is 0 Å². The Balaban J connectivity index is 4.71. The van der Waals surface area contributed by atoms with Gasteiger partial charge in [0, 0.05) is 18.5 Å². The van der Waals surface area contributed by atoms with Gasteiger partial charge in [-0.1, -0.05) is 0 Å². The maximum absolute atomic E-state index is 11.1. The molecule has 16 heavy (non-hydrogen) atoms. The van der Waals surface area contributed by atoms with Crippen LogP contribution in [0.5, 0.6) is 0 Å². The standard InChI is InChI=1S/C11H21NO4/c1-7(2)12(8(3)4)9(11(15)16)5-6-10(13)14/h7-9H,5-6H2,1-4H3,(H,13,14)(H,15,16)/t9-/m0/s1. The molecule has 0 spiro atoms. The summed E-state index contributed by atoms with van der Waals surface area (Å²) < 4.78 is 0. The first-order valence-electron chi connectivity index (χ1n) is 5.49. The molecule has 0 bridgehead atoms. The second-order valence-corrected chi connectivity index (χ2v) is 4.42. The number of carboxylic acids is 2. The van der Waals surface area contributed by atoms with Crippen LogP contribution in [0.4, 0.5) is 0 Å². The van der Waals surface area contributed by atoms with E-state index in [2.05, 4.69) is 0 Å². The van der Waals surface area contributed by atoms with Crippen LogP contribution in [0.25, 0.3) is 0 Å². The molecule has 0 aromatic rings. The van der Waals surface area contributed by atoms with Crippen LogP contribution in [-0.4, -0.2) is 45.2 Å². The Bertz CT molecular complexity index is 242. The molecule has 5 heteroatoms. The number of hydrogen-bond acceptors (Lipinski definition) is 3. The first-order chi connectivity index (χ1) is 7.27. The number of carboxylic acid groups (broad SMARTS) is 2. The van der Waals surface area contributed by atoms with Gasteiger partial charge in [0.1, 0.15) is 6.04 Å². The van der Waals surface area contributed by atoms with E-state index < -0.39 is 18.0 Å². The number of carbonyl (C=O) groups is 2. The van der Waals surface area contributed by atoms with E-state index in [0.29, 0.717) is 0 Å². The van der Waals surface area contributed by atoms with E-state index in [0.717, 1.165) is 0 Å². The van der Waals surface area contributed by atoms with E-state index in [-0.39, 0.29) is 24.9 Å². The molecule has 2 N–H and O–H groups in total. The van der Waals surface area contributed by atoms with Crippen molar-refractivity contribution in [3.05, 3.63) is 0 Å². The molecule has 1 atom stereocenters. The zero-order valence-corrected chi connectivity index (χ0v) is 10.3. The van der Waals surface area contributed by atoms with Gasteiger partial charge in [-0.15, -0.1) is 0 Å². The minimum absolute atomic E-state index is 0.0786. The zero-order chi connectivity index (χ0) is 12.9. The lowest BCUT2D eigenvalue weighted by Gasteiger charge is -2.35. The van der Waals surface area contributed by atoms with Crippen molar-refractivity contribution >= 4 is 11.9 Å². The van der Waals surface area contributed by atoms with Gasteiger partial charge in [-0.3, -0.25) is 14.5 Å². The van der Waals surface area contributed by atoms with Gasteiger partial charge in [-0.25, -0.2) is 0 Å². The quantitative estimate of drug-likeness (QED) is 0.693. The van der Waals surface area contributed by atoms with Gasteiger partial charge in [-0.2, -0.15) is 0 Å². The Hall–Kier alpha value is -1.10. The molecule has 0 heterocycles. The highest BCUT2D eigenvalue weighted by Gasteiger charge is 2.29. The van der Waals surface area contributed by atoms with Crippen molar-refractivity contribution in [2.45, 2.75) is 58.7 Å². The maximum atomic E-state index is 11.1. The van der Waals surface area contributed by atoms with Crippen LogP contribution < -0.4 is 0 Å². The summed E-state index contributed by atoms with van der Waals surface area (Å²) in [4.78, 5) is 23.4. The molecule has 0 saturated carbocycles. The molecule has 0 aliphatic carbocycles. The predicted molar refractivity (Wildman–Crippen MR) is 60.4 cm³/mol. The van der Waals surface area contributed by atoms with Crippen LogP contribution in [0.1, 0.15) is 40.5 Å². The zero-order valence-electron chi connectivity index (χ0n) is 10.3. The predicted octanol–water partition coefficient (Wildman–Crippen LogP) is 1.42. The number of nitrogens with zero attached hydrogens (tertiary/aromatic N) is 1. The molecule has 0 radical (unpaired) electrons. The fraction of sp³-hybridized carbons (Fsp3) is 0.818. The summed E-state index contributed by atoms with van der Waals surface area (Å²) in [5.41, 5.74) is 0. The summed E-state index contributed by atoms with van der Waals surface area (Å²) in [7, 11) is 0. The smallest absolute Gasteiger partial charge is 0.320 e. The Morgan fingerprint density at radius 1 is 1.06 bits per heavy atom. The largest absolute Gasteiger partial charge is 0.481 e. The van der Waals surface area contributed by atoms with Crippen LogP contribution in [0, 0.1) is 0 Å². The summed E-state index contributed by atoms with van der Waals surface area (Å²) >= 11 is 0. The fourth-order valence-corrected chi connectivity index (χ4v) is 1.98. The average Bonchev–Trinajstić information content (AvgIpc) is 2.09. The van der Waals surface area contributed by atoms with Crippen LogP contribution in [0.3, 0.4) is 0 Å². The molecule has 0 aliphatic heterocycles. The second kappa shape index (κ2) is 6.48. The SMILES string of the molecule is CC(C)N(C(C)C)[C@@H](CCC(=O)O)C(=O)O. The van der Waals surface area contributed by atoms with Gasteiger partial charge < -0.3 is 10.2 Å². The molecule has 0 saturated heterocycles. The first kappa shape index (κ1) is 14.9. The lowest BCUT2D eigenvalue weighted by atomic mass is 10.1. The van der Waals surface area contributed by atoms with Crippen molar-refractivity contribution in [2.24, 2.45) is 0 Å². The molecule has 0 aliphatic rings. The van der Waals surface area contributed by atoms with Gasteiger partial charge in [0.2, 0.25) is 0 Å². The van der Waals surface area contributed by atoms with Crippen LogP contribution in [0.2, 0.25) is 0 Å². The highest BCUT2D eigenvalue weighted by atomic mass is 16.4. The van der Waals surface area contributed by atoms with Crippen LogP contribution in [0.15, 0.2) is 0 Å². The number of rotatable bonds is 7. The topological polar surface area (TPSA) is 77.8 Å². The van der Waals surface area contributed by atoms with Crippen molar-refractivity contribution in [3.8, 4) is 0 Å². The molecule has 0 unspecified atom stereocenters. The van der Waals surface area contributed by atoms with Gasteiger partial charge in [0.05, 0.1) is 0 Å². The highest BCUT2D eigenvalue weighted by molar-refractivity contribution is 5.75. The van der Waals surface area contributed by atoms with E-state index >= 15 is 0 Å². The number of aliphatic carboxylic acids is 2. The van der Waals surface area contributed by atoms with Gasteiger partial charge in [0.15, 0.2) is 0 Å². The summed E-state index contributed by atoms with van der Waals surface area (Å²) in [6.07, 6.45) is 0.0218. The lowest BCUT2D eigenvalue weighted by Crippen LogP contribution is -2.49. The Labute approximate surface area is 96.1 Å². The third kappa shape index (κ3) is 4.61. The molecule has 94 valence electrons. The summed E-state index contributed by atoms with van der Waals surface area (Å²) in [5, 5.41) is 17.7. The van der Waals surface area contributed by atoms with Crippen molar-refractivity contribution in [1.29, 1.82) is 0 Å². The van der Waals surface area contributed by atoms with Gasteiger partial charge in [-0.05, 0) is 34.1 Å². The van der Waals surface area contributed by atoms with E-state index in [9.17, 15) is 9.59 Å². The summed E-state index contributed by atoms with van der Waals surface area (Å²) in [6.45, 7) is 7.65. The second-order valence-electron chi connectivity index (χ2n) is 4.42. The van der Waals surface area contributed by atoms with E-state index in [4.69, 9.17) is 10.2 Å². The van der Waals surface area contributed by atoms with Gasteiger partial charge in [0.25, 0.3) is 0 Å². The van der Waals surface area contributed by atoms with Crippen molar-refractivity contribution in [1.82, 2.24) is 4.90 Å². The van der Waals surface area contributed by atoms with E-state index in [1.165, 1.54) is 0 Å². The molecule has 0 aromatic carbocycles. The molecular weight excluding hydrogens is 210 g/mol. The first-order valence-corrected chi connectivity index (χ1v) is 5.49. The minimum Gasteiger partial charge on any atom is -0.481 e. The van der Waals surface area contributed by atoms with Crippen LogP contribution >= 0.6 is 0 Å². The molecule has 0 aromatic heterocycles. The van der Waals surface area contributed by atoms with E-state index in [1.54, 1.807) is 0 Å². The van der Waals surface area contributed by atoms with Crippen LogP contribution in [-0.2, 0) is 9.59 Å². The molecule has 0 amide bonds. The summed E-state index contributed by atoms with van der Waals surface area (Å²) in [6, 6.07) is -0.569. The summed E-state index contributed by atoms with van der Waals surface area (Å²) in [5.74, 6) is -1.91. The van der Waals surface area contributed by atoms with Crippen molar-refractivity contribution in [2.75, 3.05) is 0 Å². The molecule has 0 fully saturated rings. The highest BCUT2D eigenvalue weighted by Crippen LogP contribution is 2.15. The van der Waals surface area contributed by atoms with Gasteiger partial charge >= 0.3 is 11.9 Å². The average molecular weight is 231 g/mol. The third-order valence-electron chi connectivity index (χ3n) is 2.47. The molecular formula is C11H21NO4. The third-order valence-corrected chi connectivity index (χ3v) is 2.47. The lowest BCUT2D eigenvalue weighted by molar-refractivity contribution is -0.146. The Morgan fingerprint density at radius 2 is 1.50 bits per heavy atom. The normalized spacial score (nSPS) is 13.4. The minimum atomic E-state index is -0.960. The number of hydrogen-bond donors (Lipinski definition) is 2. The Morgan fingerprint density at radius 3 is 1.75 bits per heavy atom. The van der Waals surface area contributed by atoms with Crippen molar-refractivity contribution < 1.29 is 19.8 Å². The monoisotopic (exact) mass is 231 g/mol. The molecule has 5 nitrogen and oxygen atoms in total.